The zero-order chi connectivity index (χ0) is 26.8. The quantitative estimate of drug-likeness (QED) is 0.373. The van der Waals surface area contributed by atoms with Crippen LogP contribution in [0.2, 0.25) is 0 Å². The van der Waals surface area contributed by atoms with Crippen molar-refractivity contribution in [3.8, 4) is 22.8 Å². The van der Waals surface area contributed by atoms with E-state index in [4.69, 9.17) is 9.47 Å². The molecule has 0 N–H and O–H groups in total. The minimum Gasteiger partial charge on any atom is -0.550 e. The fraction of sp³-hybridized carbons (Fsp3) is 0.438. The lowest BCUT2D eigenvalue weighted by Gasteiger charge is -2.30. The van der Waals surface area contributed by atoms with Gasteiger partial charge in [-0.1, -0.05) is 44.2 Å². The molecule has 6 heteroatoms. The van der Waals surface area contributed by atoms with Gasteiger partial charge in [-0.15, -0.1) is 0 Å². The number of pyridine rings is 1. The van der Waals surface area contributed by atoms with Crippen LogP contribution >= 0.6 is 0 Å². The Morgan fingerprint density at radius 1 is 1.16 bits per heavy atom. The van der Waals surface area contributed by atoms with E-state index in [2.05, 4.69) is 60.3 Å². The van der Waals surface area contributed by atoms with Crippen LogP contribution in [0, 0.1) is 11.8 Å². The van der Waals surface area contributed by atoms with Gasteiger partial charge in [0.1, 0.15) is 11.9 Å². The lowest BCUT2D eigenvalue weighted by molar-refractivity contribution is -0.311. The maximum Gasteiger partial charge on any atom is 0.213 e. The first kappa shape index (κ1) is 26.2. The number of rotatable bonds is 10. The molecule has 2 aliphatic rings. The Labute approximate surface area is 225 Å². The van der Waals surface area contributed by atoms with Gasteiger partial charge in [0.15, 0.2) is 0 Å². The largest absolute Gasteiger partial charge is 0.550 e. The van der Waals surface area contributed by atoms with E-state index in [1.54, 1.807) is 20.2 Å². The van der Waals surface area contributed by atoms with Crippen LogP contribution in [0.1, 0.15) is 67.4 Å². The number of fused-ring (bicyclic) bond motifs is 1. The first-order chi connectivity index (χ1) is 18.4. The number of aryl methyl sites for hydroxylation is 1. The molecule has 6 nitrogen and oxygen atoms in total. The summed E-state index contributed by atoms with van der Waals surface area (Å²) in [5.41, 5.74) is 6.88. The third-order valence-electron chi connectivity index (χ3n) is 8.20. The van der Waals surface area contributed by atoms with Crippen LogP contribution in [0.5, 0.6) is 11.6 Å². The number of carbonyl (C=O) groups is 1. The van der Waals surface area contributed by atoms with Gasteiger partial charge in [-0.2, -0.15) is 0 Å². The topological polar surface area (TPSA) is 74.7 Å². The van der Waals surface area contributed by atoms with Gasteiger partial charge >= 0.3 is 0 Å². The Bertz CT molecular complexity index is 1300. The summed E-state index contributed by atoms with van der Waals surface area (Å²) >= 11 is 0. The van der Waals surface area contributed by atoms with Gasteiger partial charge in [0.2, 0.25) is 5.88 Å². The second-order valence-corrected chi connectivity index (χ2v) is 10.8. The molecule has 1 unspecified atom stereocenters. The number of methoxy groups -OCH3 is 1. The number of carbonyl (C=O) groups excluding carboxylic acids is 1. The summed E-state index contributed by atoms with van der Waals surface area (Å²) in [5.74, 6) is 0.374. The summed E-state index contributed by atoms with van der Waals surface area (Å²) in [4.78, 5) is 18.3. The van der Waals surface area contributed by atoms with Crippen LogP contribution in [0.15, 0.2) is 54.7 Å². The Kier molecular flexibility index (Phi) is 7.70. The average molecular weight is 514 g/mol. The zero-order valence-electron chi connectivity index (χ0n) is 22.8. The molecule has 3 atom stereocenters. The molecule has 1 fully saturated rings. The molecule has 38 heavy (non-hydrogen) atoms. The van der Waals surface area contributed by atoms with Crippen LogP contribution in [0.25, 0.3) is 11.1 Å². The lowest BCUT2D eigenvalue weighted by atomic mass is 9.82. The molecule has 0 saturated heterocycles. The molecule has 5 rings (SSSR count). The van der Waals surface area contributed by atoms with Gasteiger partial charge in [-0.3, -0.25) is 0 Å². The smallest absolute Gasteiger partial charge is 0.213 e. The predicted octanol–water partition coefficient (Wildman–Crippen LogP) is 5.15. The standard InChI is InChI=1S/C32H38N2O4/c1-5-34(3)19-26-16-24(10-12-27(26)23-14-15-33-30(18-23)37-4)28-13-11-21-6-9-25(17-29(21)38-28)31(22-7-8-22)20(2)32(35)36/h6,9-10,12,14-18,20,22,28,31H,5,7-8,11,13,19H2,1-4H3,(H,35,36)/p-1/t20-,28?,31-/m0/s1. The molecule has 2 aromatic carbocycles. The van der Waals surface area contributed by atoms with E-state index in [0.717, 1.165) is 66.8 Å². The first-order valence-corrected chi connectivity index (χ1v) is 13.7. The molecule has 2 heterocycles. The summed E-state index contributed by atoms with van der Waals surface area (Å²) in [5, 5.41) is 11.7. The highest BCUT2D eigenvalue weighted by Gasteiger charge is 2.37. The molecule has 200 valence electrons. The van der Waals surface area contributed by atoms with Gasteiger partial charge < -0.3 is 24.3 Å². The summed E-state index contributed by atoms with van der Waals surface area (Å²) < 4.78 is 12.0. The molecule has 1 aromatic heterocycles. The average Bonchev–Trinajstić information content (AvgIpc) is 3.77. The molecule has 0 spiro atoms. The van der Waals surface area contributed by atoms with E-state index >= 15 is 0 Å². The summed E-state index contributed by atoms with van der Waals surface area (Å²) in [6.07, 6.45) is 5.71. The van der Waals surface area contributed by atoms with Crippen LogP contribution in [0.4, 0.5) is 0 Å². The van der Waals surface area contributed by atoms with E-state index in [0.29, 0.717) is 11.8 Å². The third-order valence-corrected chi connectivity index (χ3v) is 8.20. The van der Waals surface area contributed by atoms with Gasteiger partial charge in [-0.25, -0.2) is 4.98 Å². The van der Waals surface area contributed by atoms with Crippen molar-refractivity contribution in [2.24, 2.45) is 11.8 Å². The molecule has 0 bridgehead atoms. The van der Waals surface area contributed by atoms with E-state index in [1.165, 1.54) is 11.1 Å². The molecule has 0 amide bonds. The number of benzene rings is 2. The highest BCUT2D eigenvalue weighted by atomic mass is 16.5. The SMILES string of the molecule is CCN(C)Cc1cc(C2CCc3ccc([C@H](C4CC4)[C@H](C)C(=O)[O-])cc3O2)ccc1-c1ccnc(OC)c1. The van der Waals surface area contributed by atoms with Crippen molar-refractivity contribution < 1.29 is 19.4 Å². The monoisotopic (exact) mass is 513 g/mol. The number of carboxylic acid groups (broad SMARTS) is 1. The number of ether oxygens (including phenoxy) is 2. The van der Waals surface area contributed by atoms with Crippen molar-refractivity contribution >= 4 is 5.97 Å². The predicted molar refractivity (Wildman–Crippen MR) is 146 cm³/mol. The van der Waals surface area contributed by atoms with Crippen molar-refractivity contribution in [2.75, 3.05) is 20.7 Å². The molecule has 3 aromatic rings. The van der Waals surface area contributed by atoms with Crippen LogP contribution in [0.3, 0.4) is 0 Å². The van der Waals surface area contributed by atoms with E-state index in [-0.39, 0.29) is 12.0 Å². The van der Waals surface area contributed by atoms with Crippen molar-refractivity contribution in [1.29, 1.82) is 0 Å². The molecule has 1 aliphatic carbocycles. The second kappa shape index (κ2) is 11.2. The van der Waals surface area contributed by atoms with E-state index < -0.39 is 11.9 Å². The number of hydrogen-bond acceptors (Lipinski definition) is 6. The summed E-state index contributed by atoms with van der Waals surface area (Å²) in [6, 6.07) is 16.9. The third kappa shape index (κ3) is 5.56. The van der Waals surface area contributed by atoms with E-state index in [1.807, 2.05) is 12.1 Å². The Balaban J connectivity index is 1.44. The number of nitrogens with zero attached hydrogens (tertiary/aromatic N) is 2. The van der Waals surface area contributed by atoms with Crippen LogP contribution in [-0.2, 0) is 17.8 Å². The van der Waals surface area contributed by atoms with Gasteiger partial charge in [-0.05, 0) is 96.6 Å². The van der Waals surface area contributed by atoms with Gasteiger partial charge in [0.05, 0.1) is 7.11 Å². The highest BCUT2D eigenvalue weighted by molar-refractivity contribution is 5.69. The van der Waals surface area contributed by atoms with Gasteiger partial charge in [0.25, 0.3) is 0 Å². The molecule has 1 aliphatic heterocycles. The number of carboxylic acids is 1. The Morgan fingerprint density at radius 3 is 2.68 bits per heavy atom. The molecule has 0 radical (unpaired) electrons. The van der Waals surface area contributed by atoms with Crippen molar-refractivity contribution in [2.45, 2.75) is 58.1 Å². The zero-order valence-corrected chi connectivity index (χ0v) is 22.8. The fourth-order valence-electron chi connectivity index (χ4n) is 5.72. The summed E-state index contributed by atoms with van der Waals surface area (Å²) in [6.45, 7) is 5.71. The van der Waals surface area contributed by atoms with Crippen molar-refractivity contribution in [3.63, 3.8) is 0 Å². The Morgan fingerprint density at radius 2 is 1.97 bits per heavy atom. The van der Waals surface area contributed by atoms with Gasteiger partial charge in [0, 0.05) is 30.7 Å². The van der Waals surface area contributed by atoms with E-state index in [9.17, 15) is 9.90 Å². The minimum atomic E-state index is -0.977. The maximum absolute atomic E-state index is 11.7. The van der Waals surface area contributed by atoms with Crippen LogP contribution < -0.4 is 14.6 Å². The second-order valence-electron chi connectivity index (χ2n) is 10.8. The maximum atomic E-state index is 11.7. The van der Waals surface area contributed by atoms with Crippen LogP contribution in [-0.4, -0.2) is 36.6 Å². The van der Waals surface area contributed by atoms with Crippen molar-refractivity contribution in [1.82, 2.24) is 9.88 Å². The lowest BCUT2D eigenvalue weighted by Crippen LogP contribution is -2.34. The number of hydrogen-bond donors (Lipinski definition) is 0. The number of aromatic nitrogens is 1. The Hall–Kier alpha value is -3.38. The van der Waals surface area contributed by atoms with Crippen molar-refractivity contribution in [3.05, 3.63) is 77.0 Å². The normalized spacial score (nSPS) is 18.4. The minimum absolute atomic E-state index is 0.0258. The summed E-state index contributed by atoms with van der Waals surface area (Å²) in [7, 11) is 3.76. The highest BCUT2D eigenvalue weighted by Crippen LogP contribution is 2.48. The molecule has 1 saturated carbocycles. The number of aliphatic carboxylic acids is 1. The first-order valence-electron chi connectivity index (χ1n) is 13.7. The fourth-order valence-corrected chi connectivity index (χ4v) is 5.72. The molecular weight excluding hydrogens is 476 g/mol. The molecular formula is C32H37N2O4-.